The van der Waals surface area contributed by atoms with Gasteiger partial charge in [0, 0.05) is 6.42 Å². The summed E-state index contributed by atoms with van der Waals surface area (Å²) in [6, 6.07) is -0.633. The molecule has 1 amide bonds. The van der Waals surface area contributed by atoms with Gasteiger partial charge < -0.3 is 15.5 Å². The van der Waals surface area contributed by atoms with Crippen LogP contribution in [0, 0.1) is 0 Å². The highest BCUT2D eigenvalue weighted by Crippen LogP contribution is 2.16. The summed E-state index contributed by atoms with van der Waals surface area (Å²) in [7, 11) is 0. The minimum absolute atomic E-state index is 0.0704. The summed E-state index contributed by atoms with van der Waals surface area (Å²) < 4.78 is 0. The van der Waals surface area contributed by atoms with Crippen molar-refractivity contribution in [2.45, 2.75) is 296 Å². The maximum Gasteiger partial charge on any atom is 0.220 e. The van der Waals surface area contributed by atoms with Crippen molar-refractivity contribution < 1.29 is 15.0 Å². The lowest BCUT2D eigenvalue weighted by Crippen LogP contribution is -2.45. The van der Waals surface area contributed by atoms with Gasteiger partial charge >= 0.3 is 0 Å². The van der Waals surface area contributed by atoms with E-state index in [1.165, 1.54) is 186 Å². The number of nitrogens with one attached hydrogen (secondary N) is 1. The Kier molecular flexibility index (Phi) is 57.8. The zero-order valence-corrected chi connectivity index (χ0v) is 46.3. The Balaban J connectivity index is 3.57. The molecule has 4 nitrogen and oxygen atoms in total. The molecule has 0 saturated carbocycles. The first-order valence-electron chi connectivity index (χ1n) is 30.1. The lowest BCUT2D eigenvalue weighted by Gasteiger charge is -2.20. The molecule has 0 rings (SSSR count). The number of amides is 1. The Bertz CT molecular complexity index is 1330. The highest BCUT2D eigenvalue weighted by Gasteiger charge is 2.18. The maximum absolute atomic E-state index is 12.5. The Morgan fingerprint density at radius 2 is 0.629 bits per heavy atom. The second-order valence-corrected chi connectivity index (χ2v) is 20.0. The van der Waals surface area contributed by atoms with E-state index in [9.17, 15) is 15.0 Å². The van der Waals surface area contributed by atoms with Crippen LogP contribution in [-0.4, -0.2) is 34.9 Å². The van der Waals surface area contributed by atoms with Crippen LogP contribution in [0.5, 0.6) is 0 Å². The zero-order valence-electron chi connectivity index (χ0n) is 46.3. The summed E-state index contributed by atoms with van der Waals surface area (Å²) in [6.45, 7) is 4.21. The Labute approximate surface area is 436 Å². The molecule has 0 aromatic carbocycles. The van der Waals surface area contributed by atoms with E-state index in [4.69, 9.17) is 0 Å². The molecular weight excluding hydrogens is 855 g/mol. The molecule has 0 spiro atoms. The molecule has 0 saturated heterocycles. The average molecular weight is 971 g/mol. The molecule has 402 valence electrons. The Morgan fingerprint density at radius 3 is 0.943 bits per heavy atom. The summed E-state index contributed by atoms with van der Waals surface area (Å²) in [5, 5.41) is 23.2. The van der Waals surface area contributed by atoms with Gasteiger partial charge in [-0.3, -0.25) is 4.79 Å². The molecule has 3 N–H and O–H groups in total. The van der Waals surface area contributed by atoms with Crippen molar-refractivity contribution in [1.82, 2.24) is 5.32 Å². The van der Waals surface area contributed by atoms with Crippen molar-refractivity contribution in [1.29, 1.82) is 0 Å². The number of carbonyl (C=O) groups excluding carboxylic acids is 1. The molecule has 0 aromatic heterocycles. The van der Waals surface area contributed by atoms with E-state index in [1.54, 1.807) is 6.08 Å². The fourth-order valence-electron chi connectivity index (χ4n) is 8.73. The normalized spacial score (nSPS) is 13.6. The van der Waals surface area contributed by atoms with Crippen LogP contribution in [0.2, 0.25) is 0 Å². The van der Waals surface area contributed by atoms with Crippen molar-refractivity contribution in [3.8, 4) is 0 Å². The predicted molar refractivity (Wildman–Crippen MR) is 313 cm³/mol. The van der Waals surface area contributed by atoms with Gasteiger partial charge in [0.15, 0.2) is 0 Å². The second kappa shape index (κ2) is 60.4. The minimum atomic E-state index is -0.849. The van der Waals surface area contributed by atoms with E-state index >= 15 is 0 Å². The molecule has 70 heavy (non-hydrogen) atoms. The summed E-state index contributed by atoms with van der Waals surface area (Å²) in [4.78, 5) is 12.5. The first-order chi connectivity index (χ1) is 34.7. The molecule has 0 aliphatic heterocycles. The van der Waals surface area contributed by atoms with Gasteiger partial charge in [0.2, 0.25) is 5.91 Å². The molecule has 0 aliphatic carbocycles. The number of hydrogen-bond donors (Lipinski definition) is 3. The largest absolute Gasteiger partial charge is 0.394 e. The van der Waals surface area contributed by atoms with Crippen molar-refractivity contribution in [3.05, 3.63) is 109 Å². The number of allylic oxidation sites excluding steroid dienone is 17. The van der Waals surface area contributed by atoms with Gasteiger partial charge in [-0.25, -0.2) is 0 Å². The number of carbonyl (C=O) groups is 1. The minimum Gasteiger partial charge on any atom is -0.394 e. The van der Waals surface area contributed by atoms with E-state index in [2.05, 4.69) is 116 Å². The molecule has 2 atom stereocenters. The van der Waals surface area contributed by atoms with Crippen LogP contribution in [0.4, 0.5) is 0 Å². The van der Waals surface area contributed by atoms with E-state index < -0.39 is 12.1 Å². The summed E-state index contributed by atoms with van der Waals surface area (Å²) in [5.41, 5.74) is 0. The third-order valence-electron chi connectivity index (χ3n) is 13.3. The van der Waals surface area contributed by atoms with Gasteiger partial charge in [-0.2, -0.15) is 0 Å². The van der Waals surface area contributed by atoms with Crippen molar-refractivity contribution in [2.24, 2.45) is 0 Å². The third-order valence-corrected chi connectivity index (χ3v) is 13.3. The van der Waals surface area contributed by atoms with E-state index in [-0.39, 0.29) is 12.5 Å². The van der Waals surface area contributed by atoms with E-state index in [1.807, 2.05) is 6.08 Å². The second-order valence-electron chi connectivity index (χ2n) is 20.0. The Hall–Kier alpha value is -2.95. The Morgan fingerprint density at radius 1 is 0.357 bits per heavy atom. The van der Waals surface area contributed by atoms with Crippen LogP contribution in [-0.2, 0) is 4.79 Å². The lowest BCUT2D eigenvalue weighted by atomic mass is 10.0. The number of aliphatic hydroxyl groups is 2. The molecular formula is C66H115NO3. The van der Waals surface area contributed by atoms with Gasteiger partial charge in [0.25, 0.3) is 0 Å². The molecule has 0 heterocycles. The van der Waals surface area contributed by atoms with Crippen molar-refractivity contribution in [3.63, 3.8) is 0 Å². The fourth-order valence-corrected chi connectivity index (χ4v) is 8.73. The van der Waals surface area contributed by atoms with Crippen molar-refractivity contribution in [2.75, 3.05) is 6.61 Å². The molecule has 4 heteroatoms. The first-order valence-corrected chi connectivity index (χ1v) is 30.1. The van der Waals surface area contributed by atoms with Crippen LogP contribution < -0.4 is 5.32 Å². The van der Waals surface area contributed by atoms with Crippen LogP contribution in [0.1, 0.15) is 284 Å². The molecule has 2 unspecified atom stereocenters. The molecule has 0 aromatic rings. The number of unbranched alkanes of at least 4 members (excludes halogenated alkanes) is 31. The third kappa shape index (κ3) is 56.0. The lowest BCUT2D eigenvalue weighted by molar-refractivity contribution is -0.123. The number of aliphatic hydroxyl groups excluding tert-OH is 2. The van der Waals surface area contributed by atoms with Crippen LogP contribution in [0.3, 0.4) is 0 Å². The standard InChI is InChI=1S/C66H115NO3/c1-3-5-7-9-11-13-15-17-19-21-23-25-27-28-29-30-31-32-33-34-35-36-37-38-40-42-44-46-48-50-52-54-56-58-60-62-66(70)67-64(63-68)65(69)61-59-57-55-53-51-49-47-45-43-41-39-26-24-22-20-18-16-14-12-10-8-6-4-2/h5,7,11,13,17,19,23,25,28-29,31-32,34-35,37-38,59,61,64-65,68-69H,3-4,6,8-10,12,14-16,18,20-22,24,26-27,30,33,36,39-58,60,62-63H2,1-2H3,(H,67,70)/b7-5-,13-11-,19-17-,25-23-,29-28-,32-31-,35-34-,38-37-,61-59+. The molecule has 0 bridgehead atoms. The fraction of sp³-hybridized carbons (Fsp3) is 0.712. The van der Waals surface area contributed by atoms with Crippen LogP contribution >= 0.6 is 0 Å². The monoisotopic (exact) mass is 970 g/mol. The summed E-state index contributed by atoms with van der Waals surface area (Å²) in [5.74, 6) is -0.0704. The van der Waals surface area contributed by atoms with Crippen LogP contribution in [0.25, 0.3) is 0 Å². The van der Waals surface area contributed by atoms with Crippen LogP contribution in [0.15, 0.2) is 109 Å². The van der Waals surface area contributed by atoms with Gasteiger partial charge in [0.1, 0.15) is 0 Å². The first kappa shape index (κ1) is 67.0. The average Bonchev–Trinajstić information content (AvgIpc) is 3.36. The quantitative estimate of drug-likeness (QED) is 0.0420. The maximum atomic E-state index is 12.5. The van der Waals surface area contributed by atoms with Gasteiger partial charge in [-0.1, -0.05) is 303 Å². The number of rotatable bonds is 54. The highest BCUT2D eigenvalue weighted by molar-refractivity contribution is 5.76. The molecule has 0 radical (unpaired) electrons. The SMILES string of the molecule is CC/C=C\C/C=C\C/C=C\C/C=C\C/C=C\C/C=C\C/C=C\C/C=C\CCCCCCCCCCCCC(=O)NC(CO)C(O)/C=C/CCCCCCCCCCCCCCCCCCCCCCC. The van der Waals surface area contributed by atoms with E-state index in [0.29, 0.717) is 6.42 Å². The van der Waals surface area contributed by atoms with E-state index in [0.717, 1.165) is 77.0 Å². The molecule has 0 aliphatic rings. The zero-order chi connectivity index (χ0) is 50.6. The van der Waals surface area contributed by atoms with Gasteiger partial charge in [-0.15, -0.1) is 0 Å². The van der Waals surface area contributed by atoms with Gasteiger partial charge in [0.05, 0.1) is 18.8 Å². The van der Waals surface area contributed by atoms with Gasteiger partial charge in [-0.05, 0) is 83.5 Å². The summed E-state index contributed by atoms with van der Waals surface area (Å²) >= 11 is 0. The smallest absolute Gasteiger partial charge is 0.220 e. The highest BCUT2D eigenvalue weighted by atomic mass is 16.3. The predicted octanol–water partition coefficient (Wildman–Crippen LogP) is 20.3. The van der Waals surface area contributed by atoms with Crippen molar-refractivity contribution >= 4 is 5.91 Å². The molecule has 0 fully saturated rings. The number of hydrogen-bond acceptors (Lipinski definition) is 3. The topological polar surface area (TPSA) is 69.6 Å². The summed E-state index contributed by atoms with van der Waals surface area (Å²) in [6.07, 6.45) is 91.1.